The van der Waals surface area contributed by atoms with Gasteiger partial charge in [0.1, 0.15) is 0 Å². The third-order valence-corrected chi connectivity index (χ3v) is 4.85. The minimum atomic E-state index is 0.154. The molecule has 0 bridgehead atoms. The molecule has 0 spiro atoms. The summed E-state index contributed by atoms with van der Waals surface area (Å²) in [6.07, 6.45) is 0. The van der Waals surface area contributed by atoms with E-state index in [4.69, 9.17) is 16.1 Å². The van der Waals surface area contributed by atoms with Crippen LogP contribution < -0.4 is 5.32 Å². The molecule has 3 rings (SSSR count). The first kappa shape index (κ1) is 15.2. The molecular weight excluding hydrogens is 403 g/mol. The van der Waals surface area contributed by atoms with Crippen LogP contribution in [0.1, 0.15) is 18.8 Å². The highest BCUT2D eigenvalue weighted by atomic mass is 127. The number of hydrogen-bond donors (Lipinski definition) is 1. The van der Waals surface area contributed by atoms with E-state index in [9.17, 15) is 0 Å². The zero-order chi connectivity index (χ0) is 14.8. The average molecular weight is 419 g/mol. The summed E-state index contributed by atoms with van der Waals surface area (Å²) in [5.41, 5.74) is 0.884. The Morgan fingerprint density at radius 2 is 2.14 bits per heavy atom. The van der Waals surface area contributed by atoms with Crippen LogP contribution in [0.2, 0.25) is 5.02 Å². The molecule has 1 aromatic carbocycles. The van der Waals surface area contributed by atoms with Crippen LogP contribution in [0.25, 0.3) is 11.5 Å². The Morgan fingerprint density at radius 3 is 2.90 bits per heavy atom. The quantitative estimate of drug-likeness (QED) is 0.777. The maximum atomic E-state index is 6.05. The third kappa shape index (κ3) is 3.39. The minimum Gasteiger partial charge on any atom is -0.334 e. The van der Waals surface area contributed by atoms with Crippen molar-refractivity contribution in [1.29, 1.82) is 0 Å². The molecule has 0 amide bonds. The van der Waals surface area contributed by atoms with Crippen LogP contribution in [0.5, 0.6) is 0 Å². The molecule has 5 nitrogen and oxygen atoms in total. The van der Waals surface area contributed by atoms with Crippen molar-refractivity contribution in [3.8, 4) is 11.5 Å². The van der Waals surface area contributed by atoms with Gasteiger partial charge in [0.05, 0.1) is 11.6 Å². The highest BCUT2D eigenvalue weighted by molar-refractivity contribution is 14.1. The van der Waals surface area contributed by atoms with Gasteiger partial charge in [-0.05, 0) is 47.7 Å². The molecule has 1 atom stereocenters. The number of benzene rings is 1. The monoisotopic (exact) mass is 418 g/mol. The fourth-order valence-corrected chi connectivity index (χ4v) is 3.15. The normalized spacial score (nSPS) is 17.9. The Morgan fingerprint density at radius 1 is 1.38 bits per heavy atom. The standard InChI is InChI=1S/C14H16ClIN4O/c1-9(20-6-4-17-5-7-20)13-18-14(21-19-13)11-8-10(15)2-3-12(11)16/h2-3,8-9,17H,4-7H2,1H3. The third-order valence-electron chi connectivity index (χ3n) is 3.67. The summed E-state index contributed by atoms with van der Waals surface area (Å²) in [6.45, 7) is 6.12. The fraction of sp³-hybridized carbons (Fsp3) is 0.429. The molecule has 0 radical (unpaired) electrons. The summed E-state index contributed by atoms with van der Waals surface area (Å²) in [7, 11) is 0. The summed E-state index contributed by atoms with van der Waals surface area (Å²) < 4.78 is 6.48. The Bertz CT molecular complexity index is 627. The van der Waals surface area contributed by atoms with Crippen LogP contribution in [-0.2, 0) is 0 Å². The molecule has 112 valence electrons. The van der Waals surface area contributed by atoms with Gasteiger partial charge in [0.25, 0.3) is 5.89 Å². The summed E-state index contributed by atoms with van der Waals surface area (Å²) in [5, 5.41) is 8.16. The number of rotatable bonds is 3. The summed E-state index contributed by atoms with van der Waals surface area (Å²) in [5.74, 6) is 1.25. The van der Waals surface area contributed by atoms with E-state index in [1.54, 1.807) is 0 Å². The van der Waals surface area contributed by atoms with E-state index in [0.717, 1.165) is 41.1 Å². The lowest BCUT2D eigenvalue weighted by Crippen LogP contribution is -2.44. The number of hydrogen-bond acceptors (Lipinski definition) is 5. The lowest BCUT2D eigenvalue weighted by molar-refractivity contribution is 0.176. The van der Waals surface area contributed by atoms with Crippen molar-refractivity contribution in [1.82, 2.24) is 20.4 Å². The molecule has 21 heavy (non-hydrogen) atoms. The van der Waals surface area contributed by atoms with Crippen molar-refractivity contribution in [3.05, 3.63) is 32.6 Å². The Hall–Kier alpha value is -0.700. The van der Waals surface area contributed by atoms with Gasteiger partial charge in [0.2, 0.25) is 0 Å². The molecule has 1 N–H and O–H groups in total. The van der Waals surface area contributed by atoms with E-state index < -0.39 is 0 Å². The molecule has 0 saturated carbocycles. The van der Waals surface area contributed by atoms with Gasteiger partial charge in [-0.15, -0.1) is 0 Å². The van der Waals surface area contributed by atoms with E-state index >= 15 is 0 Å². The molecule has 1 saturated heterocycles. The van der Waals surface area contributed by atoms with Crippen molar-refractivity contribution >= 4 is 34.2 Å². The van der Waals surface area contributed by atoms with Gasteiger partial charge >= 0.3 is 0 Å². The van der Waals surface area contributed by atoms with Gasteiger partial charge in [-0.25, -0.2) is 0 Å². The smallest absolute Gasteiger partial charge is 0.259 e. The summed E-state index contributed by atoms with van der Waals surface area (Å²) >= 11 is 8.29. The SMILES string of the molecule is CC(c1noc(-c2cc(Cl)ccc2I)n1)N1CCNCC1. The van der Waals surface area contributed by atoms with Gasteiger partial charge in [-0.3, -0.25) is 4.90 Å². The van der Waals surface area contributed by atoms with E-state index in [-0.39, 0.29) is 6.04 Å². The molecule has 1 aliphatic rings. The van der Waals surface area contributed by atoms with Crippen LogP contribution in [0.4, 0.5) is 0 Å². The van der Waals surface area contributed by atoms with E-state index in [0.29, 0.717) is 10.9 Å². The largest absolute Gasteiger partial charge is 0.334 e. The number of halogens is 2. The lowest BCUT2D eigenvalue weighted by Gasteiger charge is -2.30. The van der Waals surface area contributed by atoms with Crippen LogP contribution >= 0.6 is 34.2 Å². The highest BCUT2D eigenvalue weighted by Gasteiger charge is 2.23. The predicted octanol–water partition coefficient (Wildman–Crippen LogP) is 2.96. The molecule has 1 fully saturated rings. The maximum Gasteiger partial charge on any atom is 0.259 e. The van der Waals surface area contributed by atoms with E-state index in [1.807, 2.05) is 18.2 Å². The van der Waals surface area contributed by atoms with Gasteiger partial charge in [0.15, 0.2) is 5.82 Å². The van der Waals surface area contributed by atoms with E-state index in [1.165, 1.54) is 0 Å². The molecule has 2 aromatic rings. The van der Waals surface area contributed by atoms with Gasteiger partial charge < -0.3 is 9.84 Å². The van der Waals surface area contributed by atoms with Crippen LogP contribution in [-0.4, -0.2) is 41.2 Å². The molecule has 1 unspecified atom stereocenters. The molecular formula is C14H16ClIN4O. The first-order valence-electron chi connectivity index (χ1n) is 6.89. The maximum absolute atomic E-state index is 6.05. The summed E-state index contributed by atoms with van der Waals surface area (Å²) in [6, 6.07) is 5.81. The lowest BCUT2D eigenvalue weighted by atomic mass is 10.2. The van der Waals surface area contributed by atoms with E-state index in [2.05, 4.69) is 49.9 Å². The first-order valence-corrected chi connectivity index (χ1v) is 8.34. The zero-order valence-corrected chi connectivity index (χ0v) is 14.6. The first-order chi connectivity index (χ1) is 10.1. The fourth-order valence-electron chi connectivity index (χ4n) is 2.41. The second-order valence-corrected chi connectivity index (χ2v) is 6.64. The van der Waals surface area contributed by atoms with Crippen LogP contribution in [0.15, 0.2) is 22.7 Å². The molecule has 7 heteroatoms. The van der Waals surface area contributed by atoms with Crippen molar-refractivity contribution < 1.29 is 4.52 Å². The Kier molecular flexibility index (Phi) is 4.78. The zero-order valence-electron chi connectivity index (χ0n) is 11.6. The van der Waals surface area contributed by atoms with Gasteiger partial charge in [-0.1, -0.05) is 16.8 Å². The number of aromatic nitrogens is 2. The number of piperazine rings is 1. The van der Waals surface area contributed by atoms with Crippen molar-refractivity contribution in [2.45, 2.75) is 13.0 Å². The van der Waals surface area contributed by atoms with Crippen molar-refractivity contribution in [2.75, 3.05) is 26.2 Å². The molecule has 0 aliphatic carbocycles. The second-order valence-electron chi connectivity index (χ2n) is 5.04. The molecule has 2 heterocycles. The minimum absolute atomic E-state index is 0.154. The van der Waals surface area contributed by atoms with Gasteiger partial charge in [-0.2, -0.15) is 4.98 Å². The Balaban J connectivity index is 1.84. The van der Waals surface area contributed by atoms with Crippen LogP contribution in [0, 0.1) is 3.57 Å². The average Bonchev–Trinajstić information content (AvgIpc) is 2.99. The predicted molar refractivity (Wildman–Crippen MR) is 90.3 cm³/mol. The topological polar surface area (TPSA) is 54.2 Å². The molecule has 1 aromatic heterocycles. The number of nitrogens with zero attached hydrogens (tertiary/aromatic N) is 3. The Labute approximate surface area is 142 Å². The second kappa shape index (κ2) is 6.60. The van der Waals surface area contributed by atoms with Crippen molar-refractivity contribution in [3.63, 3.8) is 0 Å². The highest BCUT2D eigenvalue weighted by Crippen LogP contribution is 2.28. The molecule has 1 aliphatic heterocycles. The number of nitrogens with one attached hydrogen (secondary N) is 1. The van der Waals surface area contributed by atoms with Crippen LogP contribution in [0.3, 0.4) is 0 Å². The van der Waals surface area contributed by atoms with Crippen molar-refractivity contribution in [2.24, 2.45) is 0 Å². The summed E-state index contributed by atoms with van der Waals surface area (Å²) in [4.78, 5) is 6.91. The van der Waals surface area contributed by atoms with Gasteiger partial charge in [0, 0.05) is 34.8 Å².